The Bertz CT molecular complexity index is 1050. The first-order valence-corrected chi connectivity index (χ1v) is 11.9. The first-order valence-electron chi connectivity index (χ1n) is 11.9. The van der Waals surface area contributed by atoms with E-state index < -0.39 is 5.92 Å². The van der Waals surface area contributed by atoms with Gasteiger partial charge in [-0.2, -0.15) is 0 Å². The van der Waals surface area contributed by atoms with Crippen molar-refractivity contribution in [2.75, 3.05) is 6.61 Å². The van der Waals surface area contributed by atoms with Crippen molar-refractivity contribution in [2.24, 2.45) is 10.8 Å². The van der Waals surface area contributed by atoms with Gasteiger partial charge in [0, 0.05) is 46.9 Å². The zero-order chi connectivity index (χ0) is 24.1. The van der Waals surface area contributed by atoms with Gasteiger partial charge in [-0.05, 0) is 48.6 Å². The normalized spacial score (nSPS) is 22.0. The van der Waals surface area contributed by atoms with Crippen LogP contribution in [0.1, 0.15) is 77.3 Å². The average Bonchev–Trinajstić information content (AvgIpc) is 2.67. The second-order valence-corrected chi connectivity index (χ2v) is 11.2. The standard InChI is InChI=1S/C28H35NO4/c1-7-9-16-10-17(11-22(26(16)32)33-8-2)23-24-18(12-27(3,4)14-20(24)30)29-19-13-28(5,6)15-21(31)25(19)23/h7,10-11,23,29,32H,1,8-9,12-15H2,2-6H3. The first-order chi connectivity index (χ1) is 15.5. The van der Waals surface area contributed by atoms with Gasteiger partial charge in [0.1, 0.15) is 0 Å². The predicted molar refractivity (Wildman–Crippen MR) is 129 cm³/mol. The molecule has 176 valence electrons. The number of ether oxygens (including phenoxy) is 1. The third kappa shape index (κ3) is 4.25. The van der Waals surface area contributed by atoms with Gasteiger partial charge in [-0.3, -0.25) is 9.59 Å². The summed E-state index contributed by atoms with van der Waals surface area (Å²) < 4.78 is 5.75. The maximum absolute atomic E-state index is 13.5. The van der Waals surface area contributed by atoms with Gasteiger partial charge in [-0.25, -0.2) is 0 Å². The third-order valence-electron chi connectivity index (χ3n) is 6.89. The molecule has 1 heterocycles. The number of rotatable bonds is 5. The Morgan fingerprint density at radius 3 is 2.06 bits per heavy atom. The summed E-state index contributed by atoms with van der Waals surface area (Å²) in [5, 5.41) is 14.3. The van der Waals surface area contributed by atoms with Crippen molar-refractivity contribution < 1.29 is 19.4 Å². The van der Waals surface area contributed by atoms with Crippen LogP contribution in [0.25, 0.3) is 0 Å². The zero-order valence-electron chi connectivity index (χ0n) is 20.4. The third-order valence-corrected chi connectivity index (χ3v) is 6.89. The van der Waals surface area contributed by atoms with E-state index >= 15 is 0 Å². The van der Waals surface area contributed by atoms with E-state index in [0.717, 1.165) is 29.8 Å². The molecule has 0 spiro atoms. The number of dihydropyridines is 1. The lowest BCUT2D eigenvalue weighted by Gasteiger charge is -2.44. The SMILES string of the molecule is C=CCc1cc(C2C3=C(CC(C)(C)CC3=O)NC3=C2C(=O)CC(C)(C)C3)cc(OCC)c1O. The molecule has 0 aromatic heterocycles. The number of hydrogen-bond donors (Lipinski definition) is 2. The summed E-state index contributed by atoms with van der Waals surface area (Å²) in [4.78, 5) is 27.0. The quantitative estimate of drug-likeness (QED) is 0.581. The number of carbonyl (C=O) groups excluding carboxylic acids is 2. The molecule has 33 heavy (non-hydrogen) atoms. The molecule has 0 amide bonds. The Balaban J connectivity index is 1.96. The molecule has 1 aliphatic heterocycles. The van der Waals surface area contributed by atoms with E-state index in [9.17, 15) is 14.7 Å². The summed E-state index contributed by atoms with van der Waals surface area (Å²) in [6.07, 6.45) is 4.60. The summed E-state index contributed by atoms with van der Waals surface area (Å²) in [6, 6.07) is 3.71. The molecule has 0 atom stereocenters. The molecule has 0 saturated heterocycles. The minimum Gasteiger partial charge on any atom is -0.504 e. The molecule has 0 bridgehead atoms. The van der Waals surface area contributed by atoms with Gasteiger partial charge in [0.2, 0.25) is 0 Å². The van der Waals surface area contributed by atoms with Crippen LogP contribution in [0.3, 0.4) is 0 Å². The minimum absolute atomic E-state index is 0.0826. The Morgan fingerprint density at radius 2 is 1.58 bits per heavy atom. The molecule has 0 unspecified atom stereocenters. The van der Waals surface area contributed by atoms with E-state index in [1.165, 1.54) is 0 Å². The maximum Gasteiger partial charge on any atom is 0.162 e. The molecule has 3 aliphatic rings. The van der Waals surface area contributed by atoms with E-state index in [1.54, 1.807) is 12.1 Å². The van der Waals surface area contributed by atoms with Crippen LogP contribution in [0, 0.1) is 10.8 Å². The molecule has 1 aromatic rings. The molecular formula is C28H35NO4. The Kier molecular flexibility index (Phi) is 5.80. The van der Waals surface area contributed by atoms with Crippen molar-refractivity contribution in [3.8, 4) is 11.5 Å². The molecule has 0 radical (unpaired) electrons. The summed E-state index contributed by atoms with van der Waals surface area (Å²) in [5.41, 5.74) is 4.47. The monoisotopic (exact) mass is 449 g/mol. The minimum atomic E-state index is -0.452. The summed E-state index contributed by atoms with van der Waals surface area (Å²) >= 11 is 0. The Morgan fingerprint density at radius 1 is 1.03 bits per heavy atom. The number of phenolic OH excluding ortho intramolecular Hbond substituents is 1. The molecule has 2 aliphatic carbocycles. The van der Waals surface area contributed by atoms with Crippen molar-refractivity contribution in [3.63, 3.8) is 0 Å². The van der Waals surface area contributed by atoms with Gasteiger partial charge in [0.05, 0.1) is 6.61 Å². The number of ketones is 2. The highest BCUT2D eigenvalue weighted by Gasteiger charge is 2.46. The topological polar surface area (TPSA) is 75.6 Å². The summed E-state index contributed by atoms with van der Waals surface area (Å²) in [5.74, 6) is 0.178. The van der Waals surface area contributed by atoms with Crippen LogP contribution in [0.4, 0.5) is 0 Å². The van der Waals surface area contributed by atoms with Crippen LogP contribution in [0.2, 0.25) is 0 Å². The number of nitrogens with one attached hydrogen (secondary N) is 1. The van der Waals surface area contributed by atoms with E-state index in [0.29, 0.717) is 48.3 Å². The highest BCUT2D eigenvalue weighted by atomic mass is 16.5. The fourth-order valence-electron chi connectivity index (χ4n) is 5.65. The van der Waals surface area contributed by atoms with E-state index in [2.05, 4.69) is 39.6 Å². The summed E-state index contributed by atoms with van der Waals surface area (Å²) in [7, 11) is 0. The van der Waals surface area contributed by atoms with Gasteiger partial charge in [0.25, 0.3) is 0 Å². The number of hydrogen-bond acceptors (Lipinski definition) is 5. The maximum atomic E-state index is 13.5. The van der Waals surface area contributed by atoms with Crippen LogP contribution in [0.15, 0.2) is 47.3 Å². The van der Waals surface area contributed by atoms with Gasteiger partial charge < -0.3 is 15.2 Å². The molecule has 0 fully saturated rings. The van der Waals surface area contributed by atoms with Crippen LogP contribution in [0.5, 0.6) is 11.5 Å². The molecule has 1 aromatic carbocycles. The fraction of sp³-hybridized carbons (Fsp3) is 0.500. The van der Waals surface area contributed by atoms with Crippen LogP contribution < -0.4 is 10.1 Å². The number of benzene rings is 1. The largest absolute Gasteiger partial charge is 0.504 e. The lowest BCUT2D eigenvalue weighted by molar-refractivity contribution is -0.119. The van der Waals surface area contributed by atoms with Gasteiger partial charge in [-0.15, -0.1) is 6.58 Å². The zero-order valence-corrected chi connectivity index (χ0v) is 20.4. The number of phenols is 1. The number of allylic oxidation sites excluding steroid dienone is 5. The first kappa shape index (κ1) is 23.3. The highest BCUT2D eigenvalue weighted by molar-refractivity contribution is 6.06. The van der Waals surface area contributed by atoms with E-state index in [-0.39, 0.29) is 28.1 Å². The van der Waals surface area contributed by atoms with Gasteiger partial charge in [0.15, 0.2) is 23.1 Å². The lowest BCUT2D eigenvalue weighted by atomic mass is 9.64. The molecule has 0 saturated carbocycles. The Hall–Kier alpha value is -2.82. The highest BCUT2D eigenvalue weighted by Crippen LogP contribution is 2.52. The van der Waals surface area contributed by atoms with Crippen molar-refractivity contribution >= 4 is 11.6 Å². The van der Waals surface area contributed by atoms with E-state index in [1.807, 2.05) is 13.0 Å². The molecule has 4 rings (SSSR count). The predicted octanol–water partition coefficient (Wildman–Crippen LogP) is 5.49. The van der Waals surface area contributed by atoms with Crippen molar-refractivity contribution in [3.05, 3.63) is 58.5 Å². The molecule has 2 N–H and O–H groups in total. The van der Waals surface area contributed by atoms with Crippen molar-refractivity contribution in [2.45, 2.75) is 72.6 Å². The second-order valence-electron chi connectivity index (χ2n) is 11.2. The van der Waals surface area contributed by atoms with Gasteiger partial charge >= 0.3 is 0 Å². The molecule has 5 nitrogen and oxygen atoms in total. The Labute approximate surface area is 196 Å². The number of carbonyl (C=O) groups is 2. The lowest BCUT2D eigenvalue weighted by Crippen LogP contribution is -2.42. The van der Waals surface area contributed by atoms with Crippen LogP contribution in [-0.2, 0) is 16.0 Å². The average molecular weight is 450 g/mol. The number of aromatic hydroxyl groups is 1. The summed E-state index contributed by atoms with van der Waals surface area (Å²) in [6.45, 7) is 14.5. The van der Waals surface area contributed by atoms with Crippen molar-refractivity contribution in [1.82, 2.24) is 5.32 Å². The van der Waals surface area contributed by atoms with Gasteiger partial charge in [-0.1, -0.05) is 39.8 Å². The number of Topliss-reactive ketones (excluding diaryl/α,β-unsaturated/α-hetero) is 2. The van der Waals surface area contributed by atoms with E-state index in [4.69, 9.17) is 4.74 Å². The van der Waals surface area contributed by atoms with Crippen LogP contribution in [-0.4, -0.2) is 23.3 Å². The van der Waals surface area contributed by atoms with Crippen LogP contribution >= 0.6 is 0 Å². The smallest absolute Gasteiger partial charge is 0.162 e. The molecular weight excluding hydrogens is 414 g/mol. The van der Waals surface area contributed by atoms with Crippen molar-refractivity contribution in [1.29, 1.82) is 0 Å². The molecule has 5 heteroatoms. The second kappa shape index (κ2) is 8.19. The fourth-order valence-corrected chi connectivity index (χ4v) is 5.65.